The van der Waals surface area contributed by atoms with E-state index in [-0.39, 0.29) is 32.5 Å². The first kappa shape index (κ1) is 54.3. The van der Waals surface area contributed by atoms with Crippen molar-refractivity contribution in [3.63, 3.8) is 0 Å². The normalized spacial score (nSPS) is 13.1. The summed E-state index contributed by atoms with van der Waals surface area (Å²) in [4.78, 5) is 21.6. The molecule has 0 fully saturated rings. The molecule has 80 heavy (non-hydrogen) atoms. The Balaban J connectivity index is 1.25. The molecule has 0 bridgehead atoms. The van der Waals surface area contributed by atoms with Crippen LogP contribution in [0.1, 0.15) is 158 Å². The van der Waals surface area contributed by atoms with Gasteiger partial charge in [0.2, 0.25) is 0 Å². The third kappa shape index (κ3) is 9.94. The predicted octanol–water partition coefficient (Wildman–Crippen LogP) is 19.9. The van der Waals surface area contributed by atoms with Crippen molar-refractivity contribution in [3.05, 3.63) is 191 Å². The quantitative estimate of drug-likeness (QED) is 0.166. The topological polar surface area (TPSA) is 61.4 Å². The third-order valence-corrected chi connectivity index (χ3v) is 16.4. The average Bonchev–Trinajstić information content (AvgIpc) is 3.99. The van der Waals surface area contributed by atoms with Crippen molar-refractivity contribution in [2.75, 3.05) is 0 Å². The van der Waals surface area contributed by atoms with Gasteiger partial charge in [-0.2, -0.15) is 0 Å². The molecule has 0 saturated heterocycles. The summed E-state index contributed by atoms with van der Waals surface area (Å²) >= 11 is 0. The van der Waals surface area contributed by atoms with Crippen molar-refractivity contribution < 1.29 is 0 Å². The number of hydrogen-bond donors (Lipinski definition) is 0. The second-order valence-electron chi connectivity index (χ2n) is 28.7. The van der Waals surface area contributed by atoms with Crippen molar-refractivity contribution in [2.24, 2.45) is 0 Å². The fraction of sp³-hybridized carbons (Fsp3) is 0.324. The molecule has 0 N–H and O–H groups in total. The zero-order valence-corrected chi connectivity index (χ0v) is 50.7. The Hall–Kier alpha value is -7.70. The molecule has 4 aromatic heterocycles. The molecule has 4 heterocycles. The first-order valence-electron chi connectivity index (χ1n) is 28.7. The van der Waals surface area contributed by atoms with Crippen molar-refractivity contribution in [1.82, 2.24) is 29.1 Å². The first-order chi connectivity index (χ1) is 37.4. The average molecular weight is 1050 g/mol. The highest BCUT2D eigenvalue weighted by Gasteiger charge is 2.28. The van der Waals surface area contributed by atoms with Crippen LogP contribution in [-0.4, -0.2) is 29.1 Å². The van der Waals surface area contributed by atoms with E-state index in [9.17, 15) is 0 Å². The Morgan fingerprint density at radius 2 is 0.662 bits per heavy atom. The molecule has 0 atom stereocenters. The highest BCUT2D eigenvalue weighted by molar-refractivity contribution is 6.12. The molecular formula is C74H80N6. The Morgan fingerprint density at radius 3 is 1.07 bits per heavy atom. The Bertz CT molecular complexity index is 4070. The molecule has 0 aliphatic heterocycles. The van der Waals surface area contributed by atoms with Gasteiger partial charge in [0.1, 0.15) is 0 Å². The summed E-state index contributed by atoms with van der Waals surface area (Å²) in [5, 5.41) is 4.85. The van der Waals surface area contributed by atoms with E-state index >= 15 is 0 Å². The van der Waals surface area contributed by atoms with Crippen LogP contribution in [0.5, 0.6) is 0 Å². The number of hydrogen-bond acceptors (Lipinski definition) is 4. The summed E-state index contributed by atoms with van der Waals surface area (Å²) in [5.41, 5.74) is 18.5. The number of rotatable bonds is 6. The minimum absolute atomic E-state index is 0.0224. The minimum atomic E-state index is -0.114. The third-order valence-electron chi connectivity index (χ3n) is 16.4. The van der Waals surface area contributed by atoms with Gasteiger partial charge in [0.05, 0.1) is 39.6 Å². The maximum Gasteiger partial charge on any atom is 0.164 e. The van der Waals surface area contributed by atoms with Crippen molar-refractivity contribution in [3.8, 4) is 56.7 Å². The lowest BCUT2D eigenvalue weighted by molar-refractivity contribution is 0.568. The van der Waals surface area contributed by atoms with E-state index in [1.807, 2.05) is 12.4 Å². The highest BCUT2D eigenvalue weighted by atomic mass is 15.0. The van der Waals surface area contributed by atoms with E-state index in [1.54, 1.807) is 0 Å². The van der Waals surface area contributed by atoms with Gasteiger partial charge >= 0.3 is 0 Å². The van der Waals surface area contributed by atoms with Gasteiger partial charge < -0.3 is 9.13 Å². The summed E-state index contributed by atoms with van der Waals surface area (Å²) < 4.78 is 4.88. The lowest BCUT2D eigenvalue weighted by Crippen LogP contribution is -2.17. The van der Waals surface area contributed by atoms with Gasteiger partial charge in [-0.1, -0.05) is 185 Å². The maximum absolute atomic E-state index is 5.58. The van der Waals surface area contributed by atoms with Crippen LogP contribution in [0.2, 0.25) is 0 Å². The van der Waals surface area contributed by atoms with E-state index < -0.39 is 0 Å². The van der Waals surface area contributed by atoms with Gasteiger partial charge in [0.15, 0.2) is 17.5 Å². The Labute approximate surface area is 475 Å². The molecule has 11 aromatic rings. The second-order valence-corrected chi connectivity index (χ2v) is 28.7. The molecule has 406 valence electrons. The smallest absolute Gasteiger partial charge is 0.164 e. The maximum atomic E-state index is 5.58. The largest absolute Gasteiger partial charge is 0.309 e. The lowest BCUT2D eigenvalue weighted by Gasteiger charge is -2.26. The van der Waals surface area contributed by atoms with Crippen LogP contribution in [0.4, 0.5) is 0 Å². The summed E-state index contributed by atoms with van der Waals surface area (Å²) in [6, 6.07) is 54.6. The summed E-state index contributed by atoms with van der Waals surface area (Å²) in [6.45, 7) is 41.2. The highest BCUT2D eigenvalue weighted by Crippen LogP contribution is 2.44. The lowest BCUT2D eigenvalue weighted by atomic mass is 9.79. The second kappa shape index (κ2) is 19.0. The van der Waals surface area contributed by atoms with E-state index in [2.05, 4.69) is 279 Å². The number of pyridine rings is 1. The fourth-order valence-electron chi connectivity index (χ4n) is 11.3. The summed E-state index contributed by atoms with van der Waals surface area (Å²) in [6.07, 6.45) is 3.98. The SMILES string of the molecule is CC(C)(C)c1cc(-c2nc(-c3cc(C(C)(C)C)cc(C(C)(C)C)c3)nc(-c3ccc(-n4c5ccccc5c5cc(C(C)(C)C)ccc54)c(-c4ccncc4-n4c5ccccc5c5cc(C(C)(C)C)ccc54)c3)n2)cc(C(C)(C)C)c1. The Kier molecular flexibility index (Phi) is 12.9. The fourth-order valence-corrected chi connectivity index (χ4v) is 11.3. The van der Waals surface area contributed by atoms with Crippen LogP contribution in [0, 0.1) is 0 Å². The molecule has 6 nitrogen and oxygen atoms in total. The first-order valence-corrected chi connectivity index (χ1v) is 28.7. The van der Waals surface area contributed by atoms with Crippen LogP contribution in [0.25, 0.3) is 100 Å². The molecule has 0 saturated carbocycles. The van der Waals surface area contributed by atoms with Crippen molar-refractivity contribution in [1.29, 1.82) is 0 Å². The molecule has 0 aliphatic carbocycles. The number of nitrogens with zero attached hydrogens (tertiary/aromatic N) is 6. The van der Waals surface area contributed by atoms with Crippen LogP contribution in [0.15, 0.2) is 158 Å². The molecule has 11 rings (SSSR count). The number of fused-ring (bicyclic) bond motifs is 6. The molecular weight excluding hydrogens is 973 g/mol. The van der Waals surface area contributed by atoms with Crippen molar-refractivity contribution in [2.45, 2.75) is 157 Å². The van der Waals surface area contributed by atoms with Gasteiger partial charge in [0.25, 0.3) is 0 Å². The summed E-state index contributed by atoms with van der Waals surface area (Å²) in [7, 11) is 0. The van der Waals surface area contributed by atoms with E-state index in [0.717, 1.165) is 61.3 Å². The molecule has 0 unspecified atom stereocenters. The van der Waals surface area contributed by atoms with Gasteiger partial charge in [-0.25, -0.2) is 15.0 Å². The van der Waals surface area contributed by atoms with Gasteiger partial charge in [-0.15, -0.1) is 0 Å². The zero-order valence-electron chi connectivity index (χ0n) is 50.7. The van der Waals surface area contributed by atoms with Gasteiger partial charge in [-0.3, -0.25) is 4.98 Å². The van der Waals surface area contributed by atoms with Crippen LogP contribution < -0.4 is 0 Å². The van der Waals surface area contributed by atoms with E-state index in [1.165, 1.54) is 54.9 Å². The van der Waals surface area contributed by atoms with Crippen LogP contribution in [-0.2, 0) is 32.5 Å². The van der Waals surface area contributed by atoms with E-state index in [0.29, 0.717) is 17.5 Å². The zero-order chi connectivity index (χ0) is 57.2. The van der Waals surface area contributed by atoms with Crippen LogP contribution >= 0.6 is 0 Å². The monoisotopic (exact) mass is 1050 g/mol. The Morgan fingerprint density at radius 1 is 0.287 bits per heavy atom. The summed E-state index contributed by atoms with van der Waals surface area (Å²) in [5.74, 6) is 1.90. The molecule has 0 radical (unpaired) electrons. The molecule has 7 aromatic carbocycles. The molecule has 0 aliphatic rings. The van der Waals surface area contributed by atoms with Gasteiger partial charge in [0, 0.05) is 55.6 Å². The predicted molar refractivity (Wildman–Crippen MR) is 340 cm³/mol. The van der Waals surface area contributed by atoms with E-state index in [4.69, 9.17) is 19.9 Å². The minimum Gasteiger partial charge on any atom is -0.309 e. The standard InChI is InChI=1S/C74H80N6/c1-69(2,3)48-28-31-63-58(42-48)54-23-19-21-25-60(54)79(63)62-30-27-45(39-57(62)56-33-34-75-44-65(56)80-61-26-22-20-24-55(61)59-43-49(70(4,5)6)29-32-64(59)80)66-76-67(46-35-50(71(7,8)9)40-51(36-46)72(10,11)12)78-68(77-66)47-37-52(73(13,14)15)41-53(38-47)74(16,17)18/h19-44H,1-18H3. The number of benzene rings is 7. The molecule has 0 spiro atoms. The van der Waals surface area contributed by atoms with Gasteiger partial charge in [-0.05, 0) is 151 Å². The van der Waals surface area contributed by atoms with Crippen LogP contribution in [0.3, 0.4) is 0 Å². The number of para-hydroxylation sites is 2. The van der Waals surface area contributed by atoms with Crippen molar-refractivity contribution >= 4 is 43.6 Å². The molecule has 0 amide bonds. The molecule has 6 heteroatoms. The number of aromatic nitrogens is 6.